The average Bonchev–Trinajstić information content (AvgIpc) is 3.20. The van der Waals surface area contributed by atoms with Crippen LogP contribution in [0.15, 0.2) is 182 Å². The van der Waals surface area contributed by atoms with Crippen LogP contribution in [0, 0.1) is 0 Å². The van der Waals surface area contributed by atoms with Gasteiger partial charge in [-0.3, -0.25) is 0 Å². The second-order valence-electron chi connectivity index (χ2n) is 19.4. The van der Waals surface area contributed by atoms with Gasteiger partial charge >= 0.3 is 0 Å². The first-order valence-corrected chi connectivity index (χ1v) is 49.7. The third kappa shape index (κ3) is 6.16. The molecule has 0 aliphatic heterocycles. The lowest BCUT2D eigenvalue weighted by molar-refractivity contribution is 1.68. The number of benzene rings is 6. The van der Waals surface area contributed by atoms with Crippen LogP contribution in [0.25, 0.3) is 0 Å². The van der Waals surface area contributed by atoms with Gasteiger partial charge in [0, 0.05) is 42.7 Å². The lowest BCUT2D eigenvalue weighted by atomic mass is 10.3. The van der Waals surface area contributed by atoms with Crippen LogP contribution in [0.3, 0.4) is 0 Å². The molecule has 0 aromatic heterocycles. The lowest BCUT2D eigenvalue weighted by Gasteiger charge is -2.66. The Bertz CT molecular complexity index is 1830. The minimum atomic E-state index is -2.48. The second-order valence-corrected chi connectivity index (χ2v) is 104. The predicted molar refractivity (Wildman–Crippen MR) is 273 cm³/mol. The predicted octanol–water partition coefficient (Wildman–Crippen LogP) is 9.13. The minimum Gasteiger partial charge on any atom is -0.0735 e. The Morgan fingerprint density at radius 1 is 0.179 bits per heavy atom. The van der Waals surface area contributed by atoms with Crippen LogP contribution >= 0.6 is 0 Å². The summed E-state index contributed by atoms with van der Waals surface area (Å²) in [5.74, 6) is 0. The van der Waals surface area contributed by atoms with E-state index >= 15 is 0 Å². The molecule has 6 aromatic rings. The molecule has 0 atom stereocenters. The van der Waals surface area contributed by atoms with E-state index < -0.39 is 57.8 Å². The van der Waals surface area contributed by atoms with E-state index in [-0.39, 0.29) is 0 Å². The van der Waals surface area contributed by atoms with Crippen molar-refractivity contribution in [1.29, 1.82) is 0 Å². The standard InChI is InChI=1S/C48H66Si8/c1-49(2,51(5,6)53(9,10)55(43-31-19-13-20-32-43,44-33-21-14-22-34-44)45-35-23-15-24-36-45)50(3,4)52(7,8)54(11,12)56(46-37-25-16-26-38-46,47-39-27-17-28-40-47)48-41-29-18-30-42-48/h13-42H,1-12H3. The van der Waals surface area contributed by atoms with Gasteiger partial charge in [-0.25, -0.2) is 0 Å². The summed E-state index contributed by atoms with van der Waals surface area (Å²) >= 11 is 0. The largest absolute Gasteiger partial charge is 0.136 e. The summed E-state index contributed by atoms with van der Waals surface area (Å²) in [6, 6.07) is 71.6. The molecule has 0 heterocycles. The lowest BCUT2D eigenvalue weighted by Crippen LogP contribution is -2.98. The van der Waals surface area contributed by atoms with Crippen molar-refractivity contribution in [3.05, 3.63) is 182 Å². The van der Waals surface area contributed by atoms with Crippen LogP contribution in [0.2, 0.25) is 78.6 Å². The monoisotopic (exact) mass is 866 g/mol. The van der Waals surface area contributed by atoms with Crippen molar-refractivity contribution in [2.45, 2.75) is 78.6 Å². The average molecular weight is 868 g/mol. The number of hydrogen-bond donors (Lipinski definition) is 0. The molecular weight excluding hydrogens is 801 g/mol. The molecule has 6 rings (SSSR count). The van der Waals surface area contributed by atoms with Crippen molar-refractivity contribution in [2.24, 2.45) is 0 Å². The summed E-state index contributed by atoms with van der Waals surface area (Å²) in [5.41, 5.74) is 0. The van der Waals surface area contributed by atoms with Gasteiger partial charge in [-0.2, -0.15) is 0 Å². The summed E-state index contributed by atoms with van der Waals surface area (Å²) in [6.07, 6.45) is 0. The molecule has 0 saturated carbocycles. The highest BCUT2D eigenvalue weighted by atomic mass is 30.1. The topological polar surface area (TPSA) is 0 Å². The van der Waals surface area contributed by atoms with Crippen LogP contribution in [0.4, 0.5) is 0 Å². The Morgan fingerprint density at radius 2 is 0.304 bits per heavy atom. The fourth-order valence-electron chi connectivity index (χ4n) is 11.4. The van der Waals surface area contributed by atoms with Crippen LogP contribution in [-0.2, 0) is 0 Å². The molecule has 0 radical (unpaired) electrons. The van der Waals surface area contributed by atoms with Crippen molar-refractivity contribution < 1.29 is 0 Å². The third-order valence-corrected chi connectivity index (χ3v) is 181. The Kier molecular flexibility index (Phi) is 11.9. The van der Waals surface area contributed by atoms with Crippen molar-refractivity contribution in [3.63, 3.8) is 0 Å². The molecule has 6 aromatic carbocycles. The van der Waals surface area contributed by atoms with E-state index in [4.69, 9.17) is 0 Å². The number of hydrogen-bond acceptors (Lipinski definition) is 0. The van der Waals surface area contributed by atoms with E-state index in [1.54, 1.807) is 31.1 Å². The van der Waals surface area contributed by atoms with E-state index in [1.807, 2.05) is 0 Å². The summed E-state index contributed by atoms with van der Waals surface area (Å²) < 4.78 is 0. The highest BCUT2D eigenvalue weighted by Gasteiger charge is 2.73. The molecule has 0 nitrogen and oxygen atoms in total. The first kappa shape index (κ1) is 42.7. The Morgan fingerprint density at radius 3 is 0.446 bits per heavy atom. The summed E-state index contributed by atoms with van der Waals surface area (Å²) in [6.45, 7) is 35.3. The maximum atomic E-state index is 2.97. The maximum absolute atomic E-state index is 2.97. The zero-order chi connectivity index (χ0) is 40.7. The zero-order valence-electron chi connectivity index (χ0n) is 36.3. The Labute approximate surface area is 347 Å². The first-order valence-electron chi connectivity index (χ1n) is 20.7. The minimum absolute atomic E-state index is 1.62. The highest BCUT2D eigenvalue weighted by molar-refractivity contribution is 8.05. The molecule has 0 unspecified atom stereocenters. The molecule has 0 N–H and O–H groups in total. The van der Waals surface area contributed by atoms with E-state index in [1.165, 1.54) is 0 Å². The van der Waals surface area contributed by atoms with Gasteiger partial charge in [0.2, 0.25) is 0 Å². The van der Waals surface area contributed by atoms with Crippen molar-refractivity contribution in [2.75, 3.05) is 0 Å². The fourth-order valence-corrected chi connectivity index (χ4v) is 242. The van der Waals surface area contributed by atoms with E-state index in [2.05, 4.69) is 261 Å². The maximum Gasteiger partial charge on any atom is 0.136 e. The normalized spacial score (nSPS) is 13.7. The second kappa shape index (κ2) is 15.7. The third-order valence-electron chi connectivity index (χ3n) is 16.9. The van der Waals surface area contributed by atoms with Gasteiger partial charge in [-0.05, 0) is 0 Å². The zero-order valence-corrected chi connectivity index (χ0v) is 44.3. The molecule has 0 fully saturated rings. The van der Waals surface area contributed by atoms with E-state index in [0.29, 0.717) is 0 Å². The molecule has 0 bridgehead atoms. The van der Waals surface area contributed by atoms with Crippen LogP contribution < -0.4 is 31.1 Å². The molecule has 0 spiro atoms. The van der Waals surface area contributed by atoms with Crippen molar-refractivity contribution in [1.82, 2.24) is 0 Å². The van der Waals surface area contributed by atoms with Gasteiger partial charge in [-0.15, -0.1) is 0 Å². The van der Waals surface area contributed by atoms with Crippen molar-refractivity contribution in [3.8, 4) is 0 Å². The molecule has 290 valence electrons. The SMILES string of the molecule is C[Si](C)([Si](c1ccccc1)(c1ccccc1)c1ccccc1)[Si](C)(C)[Si](C)(C)[Si](C)(C)[Si](C)(C)[Si](C)(C)[Si](c1ccccc1)(c1ccccc1)c1ccccc1. The van der Waals surface area contributed by atoms with Crippen LogP contribution in [-0.4, -0.2) is 57.8 Å². The van der Waals surface area contributed by atoms with Gasteiger partial charge in [0.05, 0.1) is 0 Å². The summed E-state index contributed by atoms with van der Waals surface area (Å²) in [4.78, 5) is 0. The highest BCUT2D eigenvalue weighted by Crippen LogP contribution is 2.46. The van der Waals surface area contributed by atoms with Crippen LogP contribution in [0.1, 0.15) is 0 Å². The fraction of sp³-hybridized carbons (Fsp3) is 0.250. The van der Waals surface area contributed by atoms with Gasteiger partial charge in [0.25, 0.3) is 0 Å². The first-order chi connectivity index (χ1) is 26.4. The van der Waals surface area contributed by atoms with Gasteiger partial charge in [0.15, 0.2) is 0 Å². The molecule has 8 heteroatoms. The molecule has 0 amide bonds. The van der Waals surface area contributed by atoms with E-state index in [0.717, 1.165) is 0 Å². The molecular formula is C48H66Si8. The quantitative estimate of drug-likeness (QED) is 0.0804. The van der Waals surface area contributed by atoms with Gasteiger partial charge in [0.1, 0.15) is 15.2 Å². The Hall–Kier alpha value is -2.94. The molecule has 0 saturated heterocycles. The van der Waals surface area contributed by atoms with E-state index in [9.17, 15) is 0 Å². The smallest absolute Gasteiger partial charge is 0.0735 e. The molecule has 56 heavy (non-hydrogen) atoms. The van der Waals surface area contributed by atoms with Crippen LogP contribution in [0.5, 0.6) is 0 Å². The summed E-state index contributed by atoms with van der Waals surface area (Å²) in [5, 5.41) is 9.72. The summed E-state index contributed by atoms with van der Waals surface area (Å²) in [7, 11) is -17.1. The molecule has 0 aliphatic carbocycles. The van der Waals surface area contributed by atoms with Crippen molar-refractivity contribution >= 4 is 89.0 Å². The Balaban J connectivity index is 1.63. The van der Waals surface area contributed by atoms with Gasteiger partial charge < -0.3 is 0 Å². The number of rotatable bonds is 13. The van der Waals surface area contributed by atoms with Gasteiger partial charge in [-0.1, -0.05) is 292 Å². The molecule has 0 aliphatic rings.